The summed E-state index contributed by atoms with van der Waals surface area (Å²) in [7, 11) is 0. The van der Waals surface area contributed by atoms with E-state index in [1.54, 1.807) is 0 Å². The van der Waals surface area contributed by atoms with Gasteiger partial charge in [-0.25, -0.2) is 0 Å². The van der Waals surface area contributed by atoms with Crippen LogP contribution >= 0.6 is 23.4 Å². The minimum Gasteiger partial charge on any atom is -0.340 e. The first-order valence-corrected chi connectivity index (χ1v) is 6.73. The highest BCUT2D eigenvalue weighted by Crippen LogP contribution is 2.22. The fourth-order valence-corrected chi connectivity index (χ4v) is 2.86. The van der Waals surface area contributed by atoms with Crippen molar-refractivity contribution >= 4 is 29.3 Å². The third kappa shape index (κ3) is 3.06. The topological polar surface area (TPSA) is 20.3 Å². The van der Waals surface area contributed by atoms with Gasteiger partial charge in [0, 0.05) is 35.9 Å². The average molecular weight is 236 g/mol. The third-order valence-electron chi connectivity index (χ3n) is 2.56. The maximum absolute atomic E-state index is 11.8. The van der Waals surface area contributed by atoms with E-state index < -0.39 is 0 Å². The molecule has 4 heteroatoms. The average Bonchev–Trinajstić information content (AvgIpc) is 2.27. The Morgan fingerprint density at radius 1 is 1.71 bits per heavy atom. The third-order valence-corrected chi connectivity index (χ3v) is 4.39. The van der Waals surface area contributed by atoms with Crippen molar-refractivity contribution in [3.63, 3.8) is 0 Å². The first-order chi connectivity index (χ1) is 6.69. The van der Waals surface area contributed by atoms with Crippen molar-refractivity contribution in [3.8, 4) is 0 Å². The molecule has 1 amide bonds. The summed E-state index contributed by atoms with van der Waals surface area (Å²) in [6.45, 7) is 5.87. The molecule has 0 aromatic carbocycles. The number of thioether (sulfide) groups is 1. The van der Waals surface area contributed by atoms with Crippen LogP contribution in [0.1, 0.15) is 20.3 Å². The van der Waals surface area contributed by atoms with Crippen molar-refractivity contribution in [1.29, 1.82) is 0 Å². The number of alkyl halides is 1. The molecule has 1 heterocycles. The van der Waals surface area contributed by atoms with Crippen molar-refractivity contribution in [2.75, 3.05) is 24.7 Å². The zero-order valence-corrected chi connectivity index (χ0v) is 10.4. The summed E-state index contributed by atoms with van der Waals surface area (Å²) in [4.78, 5) is 13.8. The van der Waals surface area contributed by atoms with Gasteiger partial charge in [-0.2, -0.15) is 11.8 Å². The Kier molecular flexibility index (Phi) is 5.10. The number of rotatable bonds is 3. The fraction of sp³-hybridized carbons (Fsp3) is 0.900. The summed E-state index contributed by atoms with van der Waals surface area (Å²) < 4.78 is 0. The fourth-order valence-electron chi connectivity index (χ4n) is 1.54. The Balaban J connectivity index is 2.47. The molecule has 82 valence electrons. The minimum absolute atomic E-state index is 0.0303. The molecule has 0 saturated carbocycles. The molecule has 2 unspecified atom stereocenters. The van der Waals surface area contributed by atoms with Gasteiger partial charge >= 0.3 is 0 Å². The number of amides is 1. The predicted molar refractivity (Wildman–Crippen MR) is 63.0 cm³/mol. The lowest BCUT2D eigenvalue weighted by molar-refractivity contribution is -0.134. The summed E-state index contributed by atoms with van der Waals surface area (Å²) in [5, 5.41) is 0.621. The van der Waals surface area contributed by atoms with E-state index >= 15 is 0 Å². The first-order valence-electron chi connectivity index (χ1n) is 5.15. The number of halogens is 1. The molecule has 1 rings (SSSR count). The molecule has 1 aliphatic rings. The molecular weight excluding hydrogens is 218 g/mol. The van der Waals surface area contributed by atoms with E-state index in [-0.39, 0.29) is 11.8 Å². The summed E-state index contributed by atoms with van der Waals surface area (Å²) in [6, 6.07) is 0. The summed E-state index contributed by atoms with van der Waals surface area (Å²) in [5.41, 5.74) is 0. The van der Waals surface area contributed by atoms with Crippen LogP contribution in [0.5, 0.6) is 0 Å². The highest BCUT2D eigenvalue weighted by Gasteiger charge is 2.25. The van der Waals surface area contributed by atoms with Crippen LogP contribution in [0.4, 0.5) is 0 Å². The Morgan fingerprint density at radius 2 is 2.43 bits per heavy atom. The maximum Gasteiger partial charge on any atom is 0.226 e. The van der Waals surface area contributed by atoms with Gasteiger partial charge in [-0.05, 0) is 6.42 Å². The maximum atomic E-state index is 11.8. The zero-order chi connectivity index (χ0) is 10.6. The largest absolute Gasteiger partial charge is 0.340 e. The first kappa shape index (κ1) is 12.2. The minimum atomic E-state index is -0.0303. The molecule has 0 aromatic heterocycles. The van der Waals surface area contributed by atoms with E-state index in [2.05, 4.69) is 6.92 Å². The van der Waals surface area contributed by atoms with Crippen molar-refractivity contribution in [2.45, 2.75) is 25.5 Å². The lowest BCUT2D eigenvalue weighted by Gasteiger charge is -2.33. The Morgan fingerprint density at radius 3 is 3.00 bits per heavy atom. The quantitative estimate of drug-likeness (QED) is 0.700. The van der Waals surface area contributed by atoms with E-state index in [1.807, 2.05) is 23.6 Å². The van der Waals surface area contributed by atoms with Gasteiger partial charge in [-0.15, -0.1) is 11.6 Å². The SMILES string of the molecule is CCC1CN(C(=O)C(C)CCl)CCS1. The molecule has 2 nitrogen and oxygen atoms in total. The van der Waals surface area contributed by atoms with Crippen LogP contribution in [0.2, 0.25) is 0 Å². The van der Waals surface area contributed by atoms with Crippen LogP contribution in [0.3, 0.4) is 0 Å². The standard InChI is InChI=1S/C10H18ClNOS/c1-3-9-7-12(4-5-14-9)10(13)8(2)6-11/h8-9H,3-7H2,1-2H3. The Labute approximate surface area is 95.4 Å². The number of carbonyl (C=O) groups is 1. The highest BCUT2D eigenvalue weighted by molar-refractivity contribution is 8.00. The van der Waals surface area contributed by atoms with E-state index in [1.165, 1.54) is 0 Å². The van der Waals surface area contributed by atoms with Crippen LogP contribution in [-0.2, 0) is 4.79 Å². The molecule has 1 fully saturated rings. The molecule has 1 saturated heterocycles. The van der Waals surface area contributed by atoms with Gasteiger partial charge in [-0.3, -0.25) is 4.79 Å². The van der Waals surface area contributed by atoms with Crippen molar-refractivity contribution in [1.82, 2.24) is 4.90 Å². The second kappa shape index (κ2) is 5.86. The van der Waals surface area contributed by atoms with Gasteiger partial charge in [0.05, 0.1) is 0 Å². The van der Waals surface area contributed by atoms with Gasteiger partial charge in [-0.1, -0.05) is 13.8 Å². The summed E-state index contributed by atoms with van der Waals surface area (Å²) in [6.07, 6.45) is 1.14. The van der Waals surface area contributed by atoms with E-state index in [9.17, 15) is 4.79 Å². The van der Waals surface area contributed by atoms with Crippen molar-refractivity contribution in [3.05, 3.63) is 0 Å². The van der Waals surface area contributed by atoms with Crippen LogP contribution < -0.4 is 0 Å². The van der Waals surface area contributed by atoms with Crippen molar-refractivity contribution in [2.24, 2.45) is 5.92 Å². The predicted octanol–water partition coefficient (Wildman–Crippen LogP) is 2.22. The normalized spacial score (nSPS) is 24.8. The Hall–Kier alpha value is 0.110. The van der Waals surface area contributed by atoms with Crippen LogP contribution in [-0.4, -0.2) is 40.8 Å². The molecule has 0 N–H and O–H groups in total. The van der Waals surface area contributed by atoms with Crippen LogP contribution in [0.25, 0.3) is 0 Å². The molecular formula is C10H18ClNOS. The van der Waals surface area contributed by atoms with Crippen LogP contribution in [0, 0.1) is 5.92 Å². The smallest absolute Gasteiger partial charge is 0.226 e. The lowest BCUT2D eigenvalue weighted by Crippen LogP contribution is -2.44. The lowest BCUT2D eigenvalue weighted by atomic mass is 10.1. The van der Waals surface area contributed by atoms with Crippen molar-refractivity contribution < 1.29 is 4.79 Å². The van der Waals surface area contributed by atoms with Gasteiger partial charge in [0.15, 0.2) is 0 Å². The highest BCUT2D eigenvalue weighted by atomic mass is 35.5. The second-order valence-electron chi connectivity index (χ2n) is 3.74. The second-order valence-corrected chi connectivity index (χ2v) is 5.46. The Bertz CT molecular complexity index is 201. The molecule has 0 aromatic rings. The number of carbonyl (C=O) groups excluding carboxylic acids is 1. The van der Waals surface area contributed by atoms with E-state index in [4.69, 9.17) is 11.6 Å². The molecule has 2 atom stereocenters. The van der Waals surface area contributed by atoms with E-state index in [0.29, 0.717) is 11.1 Å². The summed E-state index contributed by atoms with van der Waals surface area (Å²) in [5.74, 6) is 1.69. The number of hydrogen-bond donors (Lipinski definition) is 0. The van der Waals surface area contributed by atoms with Gasteiger partial charge in [0.1, 0.15) is 0 Å². The summed E-state index contributed by atoms with van der Waals surface area (Å²) >= 11 is 7.66. The van der Waals surface area contributed by atoms with Gasteiger partial charge in [0.2, 0.25) is 5.91 Å². The van der Waals surface area contributed by atoms with Gasteiger partial charge < -0.3 is 4.90 Å². The van der Waals surface area contributed by atoms with E-state index in [0.717, 1.165) is 25.3 Å². The molecule has 0 radical (unpaired) electrons. The molecule has 0 bridgehead atoms. The zero-order valence-electron chi connectivity index (χ0n) is 8.83. The number of hydrogen-bond acceptors (Lipinski definition) is 2. The molecule has 0 spiro atoms. The van der Waals surface area contributed by atoms with Crippen LogP contribution in [0.15, 0.2) is 0 Å². The molecule has 1 aliphatic heterocycles. The molecule has 0 aliphatic carbocycles. The monoisotopic (exact) mass is 235 g/mol. The van der Waals surface area contributed by atoms with Gasteiger partial charge in [0.25, 0.3) is 0 Å². The number of nitrogens with zero attached hydrogens (tertiary/aromatic N) is 1. The molecule has 14 heavy (non-hydrogen) atoms.